The molecule has 0 N–H and O–H groups in total. The van der Waals surface area contributed by atoms with Crippen LogP contribution < -0.4 is 0 Å². The highest BCUT2D eigenvalue weighted by Crippen LogP contribution is 2.26. The fourth-order valence-corrected chi connectivity index (χ4v) is 1.46. The normalized spacial score (nSPS) is 10.1. The summed E-state index contributed by atoms with van der Waals surface area (Å²) in [6.07, 6.45) is 1.59. The van der Waals surface area contributed by atoms with Gasteiger partial charge in [0, 0.05) is 11.8 Å². The Labute approximate surface area is 86.2 Å². The van der Waals surface area contributed by atoms with E-state index in [0.29, 0.717) is 16.3 Å². The molecule has 0 spiro atoms. The SMILES string of the molecule is Fc1ccccc1-c1ncccc1Cl. The first-order valence-corrected chi connectivity index (χ1v) is 4.52. The van der Waals surface area contributed by atoms with Crippen molar-refractivity contribution in [3.8, 4) is 11.3 Å². The smallest absolute Gasteiger partial charge is 0.132 e. The number of pyridine rings is 1. The predicted molar refractivity (Wildman–Crippen MR) is 54.6 cm³/mol. The average Bonchev–Trinajstić information content (AvgIpc) is 2.20. The van der Waals surface area contributed by atoms with Gasteiger partial charge in [-0.25, -0.2) is 4.39 Å². The molecule has 1 nitrogen and oxygen atoms in total. The number of halogens is 2. The molecule has 70 valence electrons. The molecule has 14 heavy (non-hydrogen) atoms. The van der Waals surface area contributed by atoms with Crippen LogP contribution in [0.3, 0.4) is 0 Å². The zero-order chi connectivity index (χ0) is 9.97. The van der Waals surface area contributed by atoms with Gasteiger partial charge in [-0.15, -0.1) is 0 Å². The number of benzene rings is 1. The second-order valence-electron chi connectivity index (χ2n) is 2.81. The molecule has 0 aliphatic rings. The molecule has 0 radical (unpaired) electrons. The highest BCUT2D eigenvalue weighted by atomic mass is 35.5. The lowest BCUT2D eigenvalue weighted by atomic mass is 10.1. The van der Waals surface area contributed by atoms with Crippen LogP contribution in [0.15, 0.2) is 42.6 Å². The number of nitrogens with zero attached hydrogens (tertiary/aromatic N) is 1. The van der Waals surface area contributed by atoms with E-state index in [1.54, 1.807) is 36.5 Å². The van der Waals surface area contributed by atoms with Gasteiger partial charge in [0.15, 0.2) is 0 Å². The zero-order valence-electron chi connectivity index (χ0n) is 7.24. The maximum absolute atomic E-state index is 13.4. The molecule has 2 aromatic rings. The van der Waals surface area contributed by atoms with E-state index in [2.05, 4.69) is 4.98 Å². The summed E-state index contributed by atoms with van der Waals surface area (Å²) in [5.41, 5.74) is 0.908. The van der Waals surface area contributed by atoms with Gasteiger partial charge in [-0.2, -0.15) is 0 Å². The summed E-state index contributed by atoms with van der Waals surface area (Å²) in [6.45, 7) is 0. The molecule has 0 amide bonds. The lowest BCUT2D eigenvalue weighted by Crippen LogP contribution is -1.87. The van der Waals surface area contributed by atoms with Crippen LogP contribution in [0.5, 0.6) is 0 Å². The molecular formula is C11H7ClFN. The van der Waals surface area contributed by atoms with Crippen LogP contribution in [-0.2, 0) is 0 Å². The summed E-state index contributed by atoms with van der Waals surface area (Å²) in [6, 6.07) is 9.84. The molecule has 0 saturated carbocycles. The predicted octanol–water partition coefficient (Wildman–Crippen LogP) is 3.54. The minimum absolute atomic E-state index is 0.312. The third-order valence-electron chi connectivity index (χ3n) is 1.89. The van der Waals surface area contributed by atoms with E-state index in [1.807, 2.05) is 0 Å². The van der Waals surface area contributed by atoms with Crippen molar-refractivity contribution in [3.63, 3.8) is 0 Å². The second kappa shape index (κ2) is 3.76. The molecule has 1 aromatic heterocycles. The Morgan fingerprint density at radius 2 is 1.86 bits per heavy atom. The number of rotatable bonds is 1. The molecule has 0 unspecified atom stereocenters. The summed E-state index contributed by atoms with van der Waals surface area (Å²) in [7, 11) is 0. The first-order chi connectivity index (χ1) is 6.79. The minimum Gasteiger partial charge on any atom is -0.255 e. The van der Waals surface area contributed by atoms with Crippen LogP contribution in [0.4, 0.5) is 4.39 Å². The zero-order valence-corrected chi connectivity index (χ0v) is 8.00. The topological polar surface area (TPSA) is 12.9 Å². The largest absolute Gasteiger partial charge is 0.255 e. The summed E-state index contributed by atoms with van der Waals surface area (Å²) < 4.78 is 13.4. The van der Waals surface area contributed by atoms with Crippen LogP contribution >= 0.6 is 11.6 Å². The number of hydrogen-bond donors (Lipinski definition) is 0. The Bertz CT molecular complexity index is 413. The van der Waals surface area contributed by atoms with E-state index in [-0.39, 0.29) is 5.82 Å². The molecule has 1 aromatic carbocycles. The van der Waals surface area contributed by atoms with E-state index in [9.17, 15) is 4.39 Å². The maximum atomic E-state index is 13.4. The lowest BCUT2D eigenvalue weighted by molar-refractivity contribution is 0.631. The molecule has 0 fully saturated rings. The van der Waals surface area contributed by atoms with E-state index < -0.39 is 0 Å². The minimum atomic E-state index is -0.312. The highest BCUT2D eigenvalue weighted by molar-refractivity contribution is 6.33. The number of hydrogen-bond acceptors (Lipinski definition) is 1. The molecule has 0 saturated heterocycles. The number of aromatic nitrogens is 1. The van der Waals surface area contributed by atoms with E-state index in [1.165, 1.54) is 6.07 Å². The third-order valence-corrected chi connectivity index (χ3v) is 2.19. The van der Waals surface area contributed by atoms with Crippen molar-refractivity contribution in [2.75, 3.05) is 0 Å². The molecule has 0 atom stereocenters. The van der Waals surface area contributed by atoms with Gasteiger partial charge in [-0.3, -0.25) is 4.98 Å². The maximum Gasteiger partial charge on any atom is 0.132 e. The standard InChI is InChI=1S/C11H7ClFN/c12-9-5-3-7-14-11(9)8-4-1-2-6-10(8)13/h1-7H. The Balaban J connectivity index is 2.61. The van der Waals surface area contributed by atoms with Gasteiger partial charge in [0.05, 0.1) is 10.7 Å². The third kappa shape index (κ3) is 1.61. The van der Waals surface area contributed by atoms with E-state index in [0.717, 1.165) is 0 Å². The Kier molecular flexibility index (Phi) is 2.46. The Morgan fingerprint density at radius 1 is 1.07 bits per heavy atom. The van der Waals surface area contributed by atoms with Crippen LogP contribution in [0.25, 0.3) is 11.3 Å². The molecular weight excluding hydrogens is 201 g/mol. The van der Waals surface area contributed by atoms with E-state index in [4.69, 9.17) is 11.6 Å². The summed E-state index contributed by atoms with van der Waals surface area (Å²) in [4.78, 5) is 4.04. The summed E-state index contributed by atoms with van der Waals surface area (Å²) >= 11 is 5.90. The fraction of sp³-hybridized carbons (Fsp3) is 0. The summed E-state index contributed by atoms with van der Waals surface area (Å²) in [5.74, 6) is -0.312. The first-order valence-electron chi connectivity index (χ1n) is 4.14. The highest BCUT2D eigenvalue weighted by Gasteiger charge is 2.07. The average molecular weight is 208 g/mol. The van der Waals surface area contributed by atoms with Gasteiger partial charge in [-0.1, -0.05) is 23.7 Å². The molecule has 0 bridgehead atoms. The van der Waals surface area contributed by atoms with Gasteiger partial charge in [0.25, 0.3) is 0 Å². The summed E-state index contributed by atoms with van der Waals surface area (Å²) in [5, 5.41) is 0.456. The van der Waals surface area contributed by atoms with Gasteiger partial charge in [-0.05, 0) is 24.3 Å². The van der Waals surface area contributed by atoms with Crippen LogP contribution in [0, 0.1) is 5.82 Å². The second-order valence-corrected chi connectivity index (χ2v) is 3.22. The lowest BCUT2D eigenvalue weighted by Gasteiger charge is -2.03. The van der Waals surface area contributed by atoms with Crippen LogP contribution in [0.1, 0.15) is 0 Å². The van der Waals surface area contributed by atoms with Gasteiger partial charge >= 0.3 is 0 Å². The van der Waals surface area contributed by atoms with Crippen molar-refractivity contribution in [1.29, 1.82) is 0 Å². The monoisotopic (exact) mass is 207 g/mol. The quantitative estimate of drug-likeness (QED) is 0.697. The molecule has 0 aliphatic heterocycles. The van der Waals surface area contributed by atoms with Gasteiger partial charge < -0.3 is 0 Å². The van der Waals surface area contributed by atoms with Crippen molar-refractivity contribution >= 4 is 11.6 Å². The Hall–Kier alpha value is -1.41. The van der Waals surface area contributed by atoms with Crippen molar-refractivity contribution < 1.29 is 4.39 Å². The van der Waals surface area contributed by atoms with Crippen LogP contribution in [0.2, 0.25) is 5.02 Å². The molecule has 1 heterocycles. The van der Waals surface area contributed by atoms with Gasteiger partial charge in [0.2, 0.25) is 0 Å². The van der Waals surface area contributed by atoms with Gasteiger partial charge in [0.1, 0.15) is 5.82 Å². The molecule has 2 rings (SSSR count). The van der Waals surface area contributed by atoms with Crippen LogP contribution in [-0.4, -0.2) is 4.98 Å². The fourth-order valence-electron chi connectivity index (χ4n) is 1.24. The van der Waals surface area contributed by atoms with Crippen molar-refractivity contribution in [2.24, 2.45) is 0 Å². The van der Waals surface area contributed by atoms with Crippen molar-refractivity contribution in [3.05, 3.63) is 53.4 Å². The molecule has 3 heteroatoms. The van der Waals surface area contributed by atoms with Crippen molar-refractivity contribution in [1.82, 2.24) is 4.98 Å². The first kappa shape index (κ1) is 9.16. The Morgan fingerprint density at radius 3 is 2.57 bits per heavy atom. The van der Waals surface area contributed by atoms with E-state index >= 15 is 0 Å². The molecule has 0 aliphatic carbocycles. The van der Waals surface area contributed by atoms with Crippen molar-refractivity contribution in [2.45, 2.75) is 0 Å².